The Morgan fingerprint density at radius 2 is 2.16 bits per heavy atom. The first-order valence-electron chi connectivity index (χ1n) is 7.80. The maximum absolute atomic E-state index is 12.2. The lowest BCUT2D eigenvalue weighted by Crippen LogP contribution is -2.13. The van der Waals surface area contributed by atoms with Crippen LogP contribution in [0.3, 0.4) is 0 Å². The summed E-state index contributed by atoms with van der Waals surface area (Å²) in [7, 11) is 0. The molecule has 4 aromatic rings. The van der Waals surface area contributed by atoms with Gasteiger partial charge in [0.1, 0.15) is 11.4 Å². The van der Waals surface area contributed by atoms with Crippen molar-refractivity contribution >= 4 is 33.7 Å². The van der Waals surface area contributed by atoms with Gasteiger partial charge < -0.3 is 14.7 Å². The number of nitrogens with zero attached hydrogens (tertiary/aromatic N) is 2. The van der Waals surface area contributed by atoms with Crippen molar-refractivity contribution in [2.75, 3.05) is 5.32 Å². The van der Waals surface area contributed by atoms with E-state index in [2.05, 4.69) is 20.3 Å². The number of hydrogen-bond acceptors (Lipinski definition) is 5. The average Bonchev–Trinajstić information content (AvgIpc) is 3.04. The number of aryl methyl sites for hydroxylation is 1. The minimum atomic E-state index is -0.159. The maximum atomic E-state index is 12.2. The molecule has 124 valence electrons. The van der Waals surface area contributed by atoms with Crippen LogP contribution in [0.4, 0.5) is 5.69 Å². The van der Waals surface area contributed by atoms with Crippen molar-refractivity contribution in [1.82, 2.24) is 15.0 Å². The molecule has 0 aliphatic heterocycles. The predicted molar refractivity (Wildman–Crippen MR) is 93.3 cm³/mol. The van der Waals surface area contributed by atoms with Gasteiger partial charge in [-0.1, -0.05) is 0 Å². The Kier molecular flexibility index (Phi) is 3.74. The molecule has 0 spiro atoms. The summed E-state index contributed by atoms with van der Waals surface area (Å²) in [5.74, 6) is 0.552. The van der Waals surface area contributed by atoms with Gasteiger partial charge in [-0.05, 0) is 30.3 Å². The lowest BCUT2D eigenvalue weighted by Gasteiger charge is -2.05. The monoisotopic (exact) mass is 334 g/mol. The number of nitrogens with one attached hydrogen (secondary N) is 2. The quantitative estimate of drug-likeness (QED) is 0.597. The second-order valence-electron chi connectivity index (χ2n) is 5.60. The number of anilines is 1. The highest BCUT2D eigenvalue weighted by atomic mass is 16.3. The zero-order valence-electron chi connectivity index (χ0n) is 13.2. The molecule has 4 rings (SSSR count). The number of fused-ring (bicyclic) bond motifs is 2. The summed E-state index contributed by atoms with van der Waals surface area (Å²) >= 11 is 0. The van der Waals surface area contributed by atoms with Gasteiger partial charge in [-0.15, -0.1) is 0 Å². The van der Waals surface area contributed by atoms with Crippen molar-refractivity contribution < 1.29 is 9.21 Å². The van der Waals surface area contributed by atoms with E-state index in [0.29, 0.717) is 34.5 Å². The largest absolute Gasteiger partial charge is 0.464 e. The maximum Gasteiger partial charge on any atom is 0.224 e. The van der Waals surface area contributed by atoms with Crippen LogP contribution in [0.1, 0.15) is 12.2 Å². The molecule has 0 bridgehead atoms. The van der Waals surface area contributed by atoms with Gasteiger partial charge >= 0.3 is 0 Å². The number of imidazole rings is 1. The van der Waals surface area contributed by atoms with Gasteiger partial charge in [0.05, 0.1) is 17.2 Å². The molecule has 1 aromatic carbocycles. The SMILES string of the molecule is O=C(CCc1nc2ncccc2[nH]1)Nc1ccc2occc(=O)c2c1. The Bertz CT molecular complexity index is 1100. The van der Waals surface area contributed by atoms with E-state index in [0.717, 1.165) is 5.52 Å². The van der Waals surface area contributed by atoms with E-state index in [1.165, 1.54) is 12.3 Å². The first-order valence-corrected chi connectivity index (χ1v) is 7.80. The molecule has 0 aliphatic rings. The van der Waals surface area contributed by atoms with Crippen LogP contribution in [-0.2, 0) is 11.2 Å². The van der Waals surface area contributed by atoms with E-state index in [-0.39, 0.29) is 17.8 Å². The Morgan fingerprint density at radius 3 is 3.04 bits per heavy atom. The number of aromatic nitrogens is 3. The molecule has 0 atom stereocenters. The summed E-state index contributed by atoms with van der Waals surface area (Å²) in [4.78, 5) is 35.6. The number of benzene rings is 1. The molecule has 0 unspecified atom stereocenters. The molecular weight excluding hydrogens is 320 g/mol. The Balaban J connectivity index is 1.45. The fourth-order valence-corrected chi connectivity index (χ4v) is 2.63. The second-order valence-corrected chi connectivity index (χ2v) is 5.60. The number of carbonyl (C=O) groups is 1. The molecule has 0 aliphatic carbocycles. The number of amides is 1. The van der Waals surface area contributed by atoms with Gasteiger partial charge in [-0.2, -0.15) is 0 Å². The van der Waals surface area contributed by atoms with Gasteiger partial charge in [0, 0.05) is 30.8 Å². The van der Waals surface area contributed by atoms with E-state index in [1.807, 2.05) is 12.1 Å². The van der Waals surface area contributed by atoms with Crippen molar-refractivity contribution in [1.29, 1.82) is 0 Å². The predicted octanol–water partition coefficient (Wildman–Crippen LogP) is 2.64. The van der Waals surface area contributed by atoms with Crippen LogP contribution in [0.2, 0.25) is 0 Å². The molecular formula is C18H14N4O3. The van der Waals surface area contributed by atoms with Crippen molar-refractivity contribution in [3.63, 3.8) is 0 Å². The van der Waals surface area contributed by atoms with Crippen LogP contribution >= 0.6 is 0 Å². The van der Waals surface area contributed by atoms with Crippen LogP contribution in [-0.4, -0.2) is 20.9 Å². The minimum absolute atomic E-state index is 0.146. The minimum Gasteiger partial charge on any atom is -0.464 e. The van der Waals surface area contributed by atoms with E-state index in [4.69, 9.17) is 4.42 Å². The highest BCUT2D eigenvalue weighted by Gasteiger charge is 2.08. The Labute approximate surface area is 141 Å². The standard InChI is InChI=1S/C18H14N4O3/c23-14-7-9-25-15-4-3-11(10-12(14)15)20-17(24)6-5-16-21-13-2-1-8-19-18(13)22-16/h1-4,7-10H,5-6H2,(H,20,24)(H,19,21,22). The average molecular weight is 334 g/mol. The van der Waals surface area contributed by atoms with Gasteiger partial charge in [0.25, 0.3) is 0 Å². The van der Waals surface area contributed by atoms with E-state index in [9.17, 15) is 9.59 Å². The third-order valence-electron chi connectivity index (χ3n) is 3.84. The molecule has 3 aromatic heterocycles. The third kappa shape index (κ3) is 3.12. The lowest BCUT2D eigenvalue weighted by molar-refractivity contribution is -0.116. The summed E-state index contributed by atoms with van der Waals surface area (Å²) in [5, 5.41) is 3.22. The third-order valence-corrected chi connectivity index (χ3v) is 3.84. The molecule has 25 heavy (non-hydrogen) atoms. The highest BCUT2D eigenvalue weighted by Crippen LogP contribution is 2.16. The van der Waals surface area contributed by atoms with Crippen LogP contribution in [0.15, 0.2) is 58.1 Å². The highest BCUT2D eigenvalue weighted by molar-refractivity contribution is 5.93. The molecule has 2 N–H and O–H groups in total. The fraction of sp³-hybridized carbons (Fsp3) is 0.111. The molecule has 7 heteroatoms. The van der Waals surface area contributed by atoms with Crippen molar-refractivity contribution in [3.8, 4) is 0 Å². The first kappa shape index (κ1) is 15.1. The number of H-pyrrole nitrogens is 1. The number of hydrogen-bond donors (Lipinski definition) is 2. The van der Waals surface area contributed by atoms with E-state index >= 15 is 0 Å². The molecule has 0 radical (unpaired) electrons. The zero-order chi connectivity index (χ0) is 17.2. The Hall–Kier alpha value is -3.48. The second kappa shape index (κ2) is 6.20. The first-order chi connectivity index (χ1) is 12.2. The van der Waals surface area contributed by atoms with Crippen molar-refractivity contribution in [3.05, 3.63) is 64.9 Å². The summed E-state index contributed by atoms with van der Waals surface area (Å²) in [6.45, 7) is 0. The Morgan fingerprint density at radius 1 is 1.24 bits per heavy atom. The lowest BCUT2D eigenvalue weighted by atomic mass is 10.2. The molecule has 1 amide bonds. The number of pyridine rings is 1. The zero-order valence-corrected chi connectivity index (χ0v) is 13.2. The molecule has 7 nitrogen and oxygen atoms in total. The smallest absolute Gasteiger partial charge is 0.224 e. The number of rotatable bonds is 4. The fourth-order valence-electron chi connectivity index (χ4n) is 2.63. The summed E-state index contributed by atoms with van der Waals surface area (Å²) in [6, 6.07) is 10.0. The van der Waals surface area contributed by atoms with Crippen molar-refractivity contribution in [2.24, 2.45) is 0 Å². The van der Waals surface area contributed by atoms with Crippen molar-refractivity contribution in [2.45, 2.75) is 12.8 Å². The molecule has 0 saturated carbocycles. The van der Waals surface area contributed by atoms with Crippen LogP contribution in [0.5, 0.6) is 0 Å². The van der Waals surface area contributed by atoms with Gasteiger partial charge in [0.2, 0.25) is 5.91 Å². The summed E-state index contributed by atoms with van der Waals surface area (Å²) in [5.41, 5.74) is 2.38. The molecule has 0 saturated heterocycles. The van der Waals surface area contributed by atoms with Crippen LogP contribution in [0, 0.1) is 0 Å². The van der Waals surface area contributed by atoms with Crippen LogP contribution < -0.4 is 10.7 Å². The van der Waals surface area contributed by atoms with E-state index in [1.54, 1.807) is 24.4 Å². The summed E-state index contributed by atoms with van der Waals surface area (Å²) in [6.07, 6.45) is 3.76. The normalized spacial score (nSPS) is 11.0. The van der Waals surface area contributed by atoms with Gasteiger partial charge in [-0.25, -0.2) is 9.97 Å². The van der Waals surface area contributed by atoms with E-state index < -0.39 is 0 Å². The van der Waals surface area contributed by atoms with Gasteiger partial charge in [0.15, 0.2) is 11.1 Å². The van der Waals surface area contributed by atoms with Gasteiger partial charge in [-0.3, -0.25) is 9.59 Å². The van der Waals surface area contributed by atoms with Crippen LogP contribution in [0.25, 0.3) is 22.1 Å². The topological polar surface area (TPSA) is 101 Å². The molecule has 3 heterocycles. The molecule has 0 fully saturated rings. The summed E-state index contributed by atoms with van der Waals surface area (Å²) < 4.78 is 5.26. The number of carbonyl (C=O) groups excluding carboxylic acids is 1. The number of aromatic amines is 1.